The van der Waals surface area contributed by atoms with Gasteiger partial charge in [-0.25, -0.2) is 0 Å². The summed E-state index contributed by atoms with van der Waals surface area (Å²) in [6.07, 6.45) is 3.68. The van der Waals surface area contributed by atoms with Crippen LogP contribution in [0.5, 0.6) is 0 Å². The van der Waals surface area contributed by atoms with E-state index in [9.17, 15) is 10.1 Å². The van der Waals surface area contributed by atoms with Gasteiger partial charge in [-0.1, -0.05) is 18.6 Å². The second kappa shape index (κ2) is 8.59. The number of nitrogens with zero attached hydrogens (tertiary/aromatic N) is 1. The van der Waals surface area contributed by atoms with E-state index >= 15 is 0 Å². The smallest absolute Gasteiger partial charge is 0.269 e. The number of nitro benzene ring substituents is 1. The van der Waals surface area contributed by atoms with E-state index in [1.54, 1.807) is 12.1 Å². The van der Waals surface area contributed by atoms with E-state index in [-0.39, 0.29) is 23.0 Å². The number of nitrogens with one attached hydrogen (secondary N) is 2. The molecule has 2 N–H and O–H groups in total. The zero-order chi connectivity index (χ0) is 15.4. The van der Waals surface area contributed by atoms with E-state index < -0.39 is 0 Å². The summed E-state index contributed by atoms with van der Waals surface area (Å²) in [5.41, 5.74) is 1.23. The van der Waals surface area contributed by atoms with Gasteiger partial charge in [-0.3, -0.25) is 10.1 Å². The van der Waals surface area contributed by atoms with Crippen molar-refractivity contribution in [3.05, 3.63) is 39.9 Å². The summed E-state index contributed by atoms with van der Waals surface area (Å²) >= 11 is 0. The molecule has 0 spiro atoms. The summed E-state index contributed by atoms with van der Waals surface area (Å²) in [5.74, 6) is 0.610. The number of morpholine rings is 1. The molecule has 3 unspecified atom stereocenters. The molecule has 1 aromatic carbocycles. The molecule has 3 rings (SSSR count). The van der Waals surface area contributed by atoms with E-state index in [0.717, 1.165) is 31.9 Å². The lowest BCUT2D eigenvalue weighted by Crippen LogP contribution is -2.50. The van der Waals surface area contributed by atoms with E-state index in [1.807, 2.05) is 12.1 Å². The minimum Gasteiger partial charge on any atom is -0.379 e. The van der Waals surface area contributed by atoms with Crippen LogP contribution < -0.4 is 10.6 Å². The van der Waals surface area contributed by atoms with Crippen molar-refractivity contribution < 1.29 is 9.66 Å². The van der Waals surface area contributed by atoms with Crippen molar-refractivity contribution in [1.29, 1.82) is 0 Å². The highest BCUT2D eigenvalue weighted by Crippen LogP contribution is 2.29. The second-order valence-corrected chi connectivity index (χ2v) is 6.14. The molecular weight excluding hydrogens is 318 g/mol. The molecule has 1 heterocycles. The number of ether oxygens (including phenoxy) is 1. The van der Waals surface area contributed by atoms with Crippen LogP contribution in [0.3, 0.4) is 0 Å². The molecule has 1 saturated carbocycles. The quantitative estimate of drug-likeness (QED) is 0.634. The molecule has 1 aliphatic heterocycles. The molecule has 6 nitrogen and oxygen atoms in total. The van der Waals surface area contributed by atoms with Gasteiger partial charge in [-0.2, -0.15) is 0 Å². The minimum atomic E-state index is -0.362. The van der Waals surface area contributed by atoms with Crippen molar-refractivity contribution in [2.45, 2.75) is 37.9 Å². The molecule has 0 bridgehead atoms. The molecule has 3 atom stereocenters. The van der Waals surface area contributed by atoms with Gasteiger partial charge in [0.2, 0.25) is 0 Å². The third kappa shape index (κ3) is 4.64. The van der Waals surface area contributed by atoms with Crippen LogP contribution >= 0.6 is 12.4 Å². The largest absolute Gasteiger partial charge is 0.379 e. The molecule has 0 aromatic heterocycles. The summed E-state index contributed by atoms with van der Waals surface area (Å²) < 4.78 is 5.59. The number of nitro groups is 1. The van der Waals surface area contributed by atoms with Crippen molar-refractivity contribution in [3.63, 3.8) is 0 Å². The van der Waals surface area contributed by atoms with Crippen molar-refractivity contribution in [2.24, 2.45) is 5.92 Å². The third-order valence-corrected chi connectivity index (χ3v) is 4.75. The summed E-state index contributed by atoms with van der Waals surface area (Å²) in [4.78, 5) is 10.3. The first-order chi connectivity index (χ1) is 10.7. The summed E-state index contributed by atoms with van der Waals surface area (Å²) in [7, 11) is 0. The maximum absolute atomic E-state index is 10.7. The zero-order valence-corrected chi connectivity index (χ0v) is 13.9. The first kappa shape index (κ1) is 18.1. The van der Waals surface area contributed by atoms with E-state index in [4.69, 9.17) is 4.74 Å². The Balaban J connectivity index is 0.00000192. The first-order valence-electron chi connectivity index (χ1n) is 8.02. The summed E-state index contributed by atoms with van der Waals surface area (Å²) in [6, 6.07) is 7.74. The van der Waals surface area contributed by atoms with Gasteiger partial charge in [-0.15, -0.1) is 12.4 Å². The van der Waals surface area contributed by atoms with Crippen LogP contribution in [-0.4, -0.2) is 36.8 Å². The molecule has 1 aliphatic carbocycles. The summed E-state index contributed by atoms with van der Waals surface area (Å²) in [6.45, 7) is 3.31. The first-order valence-corrected chi connectivity index (χ1v) is 8.02. The normalized spacial score (nSPS) is 27.4. The molecule has 128 valence electrons. The van der Waals surface area contributed by atoms with Gasteiger partial charge >= 0.3 is 0 Å². The number of rotatable bonds is 5. The molecular formula is C16H24ClN3O3. The van der Waals surface area contributed by atoms with Crippen molar-refractivity contribution >= 4 is 18.1 Å². The van der Waals surface area contributed by atoms with Crippen LogP contribution in [0.15, 0.2) is 24.3 Å². The van der Waals surface area contributed by atoms with Gasteiger partial charge < -0.3 is 15.4 Å². The number of halogens is 1. The average molecular weight is 342 g/mol. The summed E-state index contributed by atoms with van der Waals surface area (Å²) in [5, 5.41) is 17.9. The van der Waals surface area contributed by atoms with Crippen molar-refractivity contribution in [1.82, 2.24) is 10.6 Å². The van der Waals surface area contributed by atoms with Gasteiger partial charge in [0.05, 0.1) is 18.1 Å². The SMILES string of the molecule is Cl.O=[N+]([O-])c1ccc(CNC2CCCC2C2COCCN2)cc1. The Morgan fingerprint density at radius 2 is 2.09 bits per heavy atom. The highest BCUT2D eigenvalue weighted by molar-refractivity contribution is 5.85. The maximum Gasteiger partial charge on any atom is 0.269 e. The van der Waals surface area contributed by atoms with Gasteiger partial charge in [0.15, 0.2) is 0 Å². The van der Waals surface area contributed by atoms with Crippen LogP contribution in [0.4, 0.5) is 5.69 Å². The number of benzene rings is 1. The van der Waals surface area contributed by atoms with Crippen LogP contribution in [0.1, 0.15) is 24.8 Å². The fourth-order valence-corrected chi connectivity index (χ4v) is 3.57. The fraction of sp³-hybridized carbons (Fsp3) is 0.625. The van der Waals surface area contributed by atoms with Gasteiger partial charge in [0, 0.05) is 37.3 Å². The predicted molar refractivity (Wildman–Crippen MR) is 90.9 cm³/mol. The molecule has 2 aliphatic rings. The molecule has 2 fully saturated rings. The van der Waals surface area contributed by atoms with Crippen LogP contribution in [0, 0.1) is 16.0 Å². The Bertz CT molecular complexity index is 506. The number of non-ortho nitro benzene ring substituents is 1. The van der Waals surface area contributed by atoms with Crippen molar-refractivity contribution in [2.75, 3.05) is 19.8 Å². The lowest BCUT2D eigenvalue weighted by atomic mass is 9.94. The highest BCUT2D eigenvalue weighted by atomic mass is 35.5. The lowest BCUT2D eigenvalue weighted by Gasteiger charge is -2.33. The third-order valence-electron chi connectivity index (χ3n) is 4.75. The molecule has 0 radical (unpaired) electrons. The molecule has 23 heavy (non-hydrogen) atoms. The highest BCUT2D eigenvalue weighted by Gasteiger charge is 2.34. The van der Waals surface area contributed by atoms with Gasteiger partial charge in [0.1, 0.15) is 0 Å². The Hall–Kier alpha value is -1.21. The fourth-order valence-electron chi connectivity index (χ4n) is 3.57. The zero-order valence-electron chi connectivity index (χ0n) is 13.1. The predicted octanol–water partition coefficient (Wildman–Crippen LogP) is 2.26. The van der Waals surface area contributed by atoms with Gasteiger partial charge in [0.25, 0.3) is 5.69 Å². The van der Waals surface area contributed by atoms with Crippen LogP contribution in [-0.2, 0) is 11.3 Å². The molecule has 0 amide bonds. The van der Waals surface area contributed by atoms with E-state index in [1.165, 1.54) is 19.3 Å². The standard InChI is InChI=1S/C16H23N3O3.ClH/c20-19(21)13-6-4-12(5-7-13)10-18-15-3-1-2-14(15)16-11-22-9-8-17-16;/h4-7,14-18H,1-3,8-11H2;1H. The Morgan fingerprint density at radius 3 is 2.74 bits per heavy atom. The average Bonchev–Trinajstić information content (AvgIpc) is 3.02. The Morgan fingerprint density at radius 1 is 1.30 bits per heavy atom. The molecule has 1 aromatic rings. The monoisotopic (exact) mass is 341 g/mol. The topological polar surface area (TPSA) is 76.4 Å². The number of hydrogen-bond donors (Lipinski definition) is 2. The minimum absolute atomic E-state index is 0. The van der Waals surface area contributed by atoms with E-state index in [2.05, 4.69) is 10.6 Å². The van der Waals surface area contributed by atoms with Crippen LogP contribution in [0.2, 0.25) is 0 Å². The van der Waals surface area contributed by atoms with Crippen LogP contribution in [0.25, 0.3) is 0 Å². The molecule has 7 heteroatoms. The number of hydrogen-bond acceptors (Lipinski definition) is 5. The van der Waals surface area contributed by atoms with E-state index in [0.29, 0.717) is 18.0 Å². The molecule has 1 saturated heterocycles. The second-order valence-electron chi connectivity index (χ2n) is 6.14. The van der Waals surface area contributed by atoms with Gasteiger partial charge in [-0.05, 0) is 24.3 Å². The maximum atomic E-state index is 10.7. The Kier molecular flexibility index (Phi) is 6.77. The Labute approximate surface area is 142 Å². The lowest BCUT2D eigenvalue weighted by molar-refractivity contribution is -0.384. The van der Waals surface area contributed by atoms with Crippen molar-refractivity contribution in [3.8, 4) is 0 Å².